The van der Waals surface area contributed by atoms with E-state index in [4.69, 9.17) is 9.47 Å². The third-order valence-electron chi connectivity index (χ3n) is 4.90. The average molecular weight is 543 g/mol. The number of hydrogen-bond acceptors (Lipinski definition) is 10. The maximum absolute atomic E-state index is 13.3. The Morgan fingerprint density at radius 1 is 1.03 bits per heavy atom. The maximum atomic E-state index is 13.3. The first-order valence-electron chi connectivity index (χ1n) is 10.7. The van der Waals surface area contributed by atoms with Crippen LogP contribution in [0.25, 0.3) is 0 Å². The van der Waals surface area contributed by atoms with Gasteiger partial charge in [0.15, 0.2) is 11.5 Å². The summed E-state index contributed by atoms with van der Waals surface area (Å²) in [5.41, 5.74) is 2.26. The van der Waals surface area contributed by atoms with Crippen molar-refractivity contribution in [2.24, 2.45) is 5.10 Å². The number of methoxy groups -OCH3 is 2. The van der Waals surface area contributed by atoms with E-state index in [0.717, 1.165) is 17.5 Å². The topological polar surface area (TPSA) is 167 Å². The van der Waals surface area contributed by atoms with Gasteiger partial charge in [-0.15, -0.1) is 0 Å². The Labute approximate surface area is 217 Å². The number of nitro benzene ring substituents is 1. The molecule has 0 radical (unpaired) electrons. The first-order valence-corrected chi connectivity index (χ1v) is 12.2. The normalized spacial score (nSPS) is 11.0. The fourth-order valence-corrected chi connectivity index (χ4v) is 4.56. The third kappa shape index (κ3) is 6.82. The van der Waals surface area contributed by atoms with Crippen LogP contribution in [0.1, 0.15) is 5.56 Å². The van der Waals surface area contributed by atoms with Crippen LogP contribution in [0.5, 0.6) is 11.5 Å². The summed E-state index contributed by atoms with van der Waals surface area (Å²) in [6.07, 6.45) is 0.321. The van der Waals surface area contributed by atoms with Gasteiger partial charge in [-0.25, -0.2) is 18.6 Å². The Morgan fingerprint density at radius 3 is 2.42 bits per heavy atom. The van der Waals surface area contributed by atoms with E-state index in [1.54, 1.807) is 6.07 Å². The predicted octanol–water partition coefficient (Wildman–Crippen LogP) is 3.09. The van der Waals surface area contributed by atoms with Gasteiger partial charge in [0.05, 0.1) is 35.9 Å². The molecule has 0 aliphatic carbocycles. The molecule has 0 unspecified atom stereocenters. The van der Waals surface area contributed by atoms with E-state index >= 15 is 0 Å². The molecule has 0 saturated carbocycles. The zero-order chi connectivity index (χ0) is 27.7. The van der Waals surface area contributed by atoms with Crippen molar-refractivity contribution in [1.29, 1.82) is 0 Å². The second-order valence-corrected chi connectivity index (χ2v) is 9.22. The predicted molar refractivity (Wildman–Crippen MR) is 136 cm³/mol. The van der Waals surface area contributed by atoms with Crippen molar-refractivity contribution >= 4 is 39.7 Å². The van der Waals surface area contributed by atoms with Gasteiger partial charge in [-0.1, -0.05) is 24.3 Å². The van der Waals surface area contributed by atoms with E-state index in [0.29, 0.717) is 5.56 Å². The van der Waals surface area contributed by atoms with Crippen LogP contribution < -0.4 is 19.2 Å². The van der Waals surface area contributed by atoms with E-state index in [2.05, 4.69) is 15.3 Å². The summed E-state index contributed by atoms with van der Waals surface area (Å²) in [7, 11) is -1.75. The van der Waals surface area contributed by atoms with E-state index in [1.807, 2.05) is 0 Å². The molecule has 0 atom stereocenters. The van der Waals surface area contributed by atoms with Gasteiger partial charge in [0.1, 0.15) is 6.54 Å². The van der Waals surface area contributed by atoms with Crippen molar-refractivity contribution in [2.45, 2.75) is 4.90 Å². The van der Waals surface area contributed by atoms with Gasteiger partial charge in [0.2, 0.25) is 0 Å². The van der Waals surface area contributed by atoms with Gasteiger partial charge < -0.3 is 14.2 Å². The number of carbonyl (C=O) groups excluding carboxylic acids is 2. The standard InChI is InChI=1S/C24H22N4O9S/c1-35-22-13-17(11-12-21(22)37-24(30)36-2)15-25-26-23(29)16-27(18-7-6-8-19(14-18)28(31)32)38(33,34)20-9-4-3-5-10-20/h3-15H,16H2,1-2H3,(H,26,29)/b25-15-. The molecule has 1 N–H and O–H groups in total. The lowest BCUT2D eigenvalue weighted by Gasteiger charge is -2.23. The number of ether oxygens (including phenoxy) is 3. The summed E-state index contributed by atoms with van der Waals surface area (Å²) in [6.45, 7) is -0.717. The molecule has 3 aromatic carbocycles. The lowest BCUT2D eigenvalue weighted by molar-refractivity contribution is -0.384. The van der Waals surface area contributed by atoms with E-state index in [9.17, 15) is 28.1 Å². The molecule has 198 valence electrons. The molecular formula is C24H22N4O9S. The monoisotopic (exact) mass is 542 g/mol. The number of amides is 1. The van der Waals surface area contributed by atoms with Crippen molar-refractivity contribution in [2.75, 3.05) is 25.1 Å². The van der Waals surface area contributed by atoms with Crippen molar-refractivity contribution in [1.82, 2.24) is 5.43 Å². The number of nitrogens with zero attached hydrogens (tertiary/aromatic N) is 3. The number of anilines is 1. The van der Waals surface area contributed by atoms with E-state index in [1.165, 1.54) is 74.0 Å². The van der Waals surface area contributed by atoms with Gasteiger partial charge in [-0.3, -0.25) is 19.2 Å². The SMILES string of the molecule is COC(=O)Oc1ccc(/C=N\NC(=O)CN(c2cccc([N+](=O)[O-])c2)S(=O)(=O)c2ccccc2)cc1OC. The van der Waals surface area contributed by atoms with Crippen molar-refractivity contribution in [3.8, 4) is 11.5 Å². The van der Waals surface area contributed by atoms with Crippen LogP contribution in [0.2, 0.25) is 0 Å². The summed E-state index contributed by atoms with van der Waals surface area (Å²) in [5, 5.41) is 15.1. The zero-order valence-electron chi connectivity index (χ0n) is 20.1. The highest BCUT2D eigenvalue weighted by atomic mass is 32.2. The number of nitrogens with one attached hydrogen (secondary N) is 1. The summed E-state index contributed by atoms with van der Waals surface area (Å²) in [4.78, 5) is 34.5. The molecule has 0 bridgehead atoms. The molecular weight excluding hydrogens is 520 g/mol. The van der Waals surface area contributed by atoms with Gasteiger partial charge in [0, 0.05) is 12.1 Å². The molecule has 0 fully saturated rings. The Morgan fingerprint density at radius 2 is 1.76 bits per heavy atom. The molecule has 0 aliphatic rings. The Balaban J connectivity index is 1.82. The third-order valence-corrected chi connectivity index (χ3v) is 6.69. The lowest BCUT2D eigenvalue weighted by atomic mass is 10.2. The Bertz CT molecular complexity index is 1460. The van der Waals surface area contributed by atoms with Crippen molar-refractivity contribution in [3.05, 3.63) is 88.5 Å². The molecule has 3 rings (SSSR count). The van der Waals surface area contributed by atoms with Crippen LogP contribution in [-0.4, -0.2) is 52.4 Å². The van der Waals surface area contributed by atoms with Crippen molar-refractivity contribution in [3.63, 3.8) is 0 Å². The summed E-state index contributed by atoms with van der Waals surface area (Å²) >= 11 is 0. The first kappa shape index (κ1) is 27.6. The number of hydrogen-bond donors (Lipinski definition) is 1. The maximum Gasteiger partial charge on any atom is 0.513 e. The molecule has 0 saturated heterocycles. The number of carbonyl (C=O) groups is 2. The molecule has 0 heterocycles. The number of sulfonamides is 1. The number of rotatable bonds is 10. The quantitative estimate of drug-likeness (QED) is 0.133. The molecule has 0 spiro atoms. The van der Waals surface area contributed by atoms with Gasteiger partial charge in [0.25, 0.3) is 21.6 Å². The fourth-order valence-electron chi connectivity index (χ4n) is 3.12. The highest BCUT2D eigenvalue weighted by Gasteiger charge is 2.28. The van der Waals surface area contributed by atoms with Crippen LogP contribution in [-0.2, 0) is 19.6 Å². The van der Waals surface area contributed by atoms with E-state index < -0.39 is 33.6 Å². The minimum Gasteiger partial charge on any atom is -0.493 e. The second-order valence-electron chi connectivity index (χ2n) is 7.36. The fraction of sp³-hybridized carbons (Fsp3) is 0.125. The number of nitro groups is 1. The highest BCUT2D eigenvalue weighted by Crippen LogP contribution is 2.28. The molecule has 1 amide bonds. The van der Waals surface area contributed by atoms with Gasteiger partial charge in [-0.2, -0.15) is 5.10 Å². The average Bonchev–Trinajstić information content (AvgIpc) is 2.92. The largest absolute Gasteiger partial charge is 0.513 e. The molecule has 3 aromatic rings. The highest BCUT2D eigenvalue weighted by molar-refractivity contribution is 7.92. The second kappa shape index (κ2) is 12.3. The Kier molecular flexibility index (Phi) is 8.95. The number of benzene rings is 3. The summed E-state index contributed by atoms with van der Waals surface area (Å²) in [5.74, 6) is -0.527. The number of hydrazone groups is 1. The number of non-ortho nitro benzene ring substituents is 1. The van der Waals surface area contributed by atoms with Crippen LogP contribution in [0.15, 0.2) is 82.8 Å². The molecule has 0 aromatic heterocycles. The van der Waals surface area contributed by atoms with Crippen molar-refractivity contribution < 1.29 is 37.1 Å². The van der Waals surface area contributed by atoms with Gasteiger partial charge in [-0.05, 0) is 42.0 Å². The molecule has 13 nitrogen and oxygen atoms in total. The van der Waals surface area contributed by atoms with E-state index in [-0.39, 0.29) is 27.8 Å². The van der Waals surface area contributed by atoms with Crippen LogP contribution in [0.3, 0.4) is 0 Å². The minimum absolute atomic E-state index is 0.0758. The van der Waals surface area contributed by atoms with Gasteiger partial charge >= 0.3 is 6.16 Å². The summed E-state index contributed by atoms with van der Waals surface area (Å²) in [6, 6.07) is 16.7. The molecule has 0 aliphatic heterocycles. The zero-order valence-corrected chi connectivity index (χ0v) is 21.0. The van der Waals surface area contributed by atoms with Crippen LogP contribution >= 0.6 is 0 Å². The molecule has 14 heteroatoms. The first-order chi connectivity index (χ1) is 18.1. The lowest BCUT2D eigenvalue weighted by Crippen LogP contribution is -2.39. The van der Waals surface area contributed by atoms with Crippen LogP contribution in [0.4, 0.5) is 16.2 Å². The Hall–Kier alpha value is -4.98. The van der Waals surface area contributed by atoms with Crippen LogP contribution in [0, 0.1) is 10.1 Å². The minimum atomic E-state index is -4.27. The summed E-state index contributed by atoms with van der Waals surface area (Å²) < 4.78 is 42.0. The smallest absolute Gasteiger partial charge is 0.493 e. The molecule has 38 heavy (non-hydrogen) atoms.